The maximum Gasteiger partial charge on any atom is 0.323 e. The summed E-state index contributed by atoms with van der Waals surface area (Å²) in [7, 11) is 0. The highest BCUT2D eigenvalue weighted by atomic mass is 35.5. The van der Waals surface area contributed by atoms with E-state index in [1.54, 1.807) is 6.92 Å². The van der Waals surface area contributed by atoms with E-state index in [0.717, 1.165) is 12.8 Å². The lowest BCUT2D eigenvalue weighted by molar-refractivity contribution is -0.142. The van der Waals surface area contributed by atoms with Crippen LogP contribution < -0.4 is 0 Å². The van der Waals surface area contributed by atoms with Crippen LogP contribution in [0, 0.1) is 0 Å². The van der Waals surface area contributed by atoms with Crippen molar-refractivity contribution in [2.75, 3.05) is 6.61 Å². The lowest BCUT2D eigenvalue weighted by Crippen LogP contribution is -2.14. The number of alkyl halides is 1. The Labute approximate surface area is 155 Å². The van der Waals surface area contributed by atoms with Crippen LogP contribution in [0.2, 0.25) is 0 Å². The second kappa shape index (κ2) is 18.8. The molecule has 3 heteroatoms. The minimum atomic E-state index is -0.529. The Kier molecular flexibility index (Phi) is 18.4. The van der Waals surface area contributed by atoms with E-state index in [-0.39, 0.29) is 5.97 Å². The fraction of sp³-hybridized carbons (Fsp3) is 0.857. The van der Waals surface area contributed by atoms with Gasteiger partial charge in [0.15, 0.2) is 0 Å². The number of esters is 1. The van der Waals surface area contributed by atoms with E-state index in [2.05, 4.69) is 19.1 Å². The standard InChI is InChI=1S/C21H39ClO2/c1-3-4-5-6-7-8-9-10-11-12-13-14-15-16-17-18-19-24-21(23)20(2)22/h10-11,20H,3-9,12-19H2,1-2H3/b11-10-. The number of unbranched alkanes of at least 4 members (excludes halogenated alkanes) is 12. The molecule has 0 bridgehead atoms. The average Bonchev–Trinajstić information content (AvgIpc) is 2.57. The summed E-state index contributed by atoms with van der Waals surface area (Å²) in [5.74, 6) is -0.301. The summed E-state index contributed by atoms with van der Waals surface area (Å²) in [6, 6.07) is 0. The normalized spacial score (nSPS) is 12.6. The predicted octanol–water partition coefficient (Wildman–Crippen LogP) is 7.19. The van der Waals surface area contributed by atoms with Crippen LogP contribution in [0.5, 0.6) is 0 Å². The Bertz CT molecular complexity index is 300. The molecule has 0 aromatic rings. The number of rotatable bonds is 17. The van der Waals surface area contributed by atoms with E-state index in [0.29, 0.717) is 6.61 Å². The summed E-state index contributed by atoms with van der Waals surface area (Å²) in [5, 5.41) is -0.529. The van der Waals surface area contributed by atoms with Crippen molar-refractivity contribution in [1.82, 2.24) is 0 Å². The molecule has 142 valence electrons. The molecule has 0 aliphatic heterocycles. The van der Waals surface area contributed by atoms with Crippen LogP contribution >= 0.6 is 11.6 Å². The van der Waals surface area contributed by atoms with Gasteiger partial charge in [-0.05, 0) is 39.0 Å². The second-order valence-electron chi connectivity index (χ2n) is 6.72. The van der Waals surface area contributed by atoms with Gasteiger partial charge >= 0.3 is 5.97 Å². The first kappa shape index (κ1) is 23.5. The SMILES string of the molecule is CCCCCCCC/C=C\CCCCCCCCOC(=O)C(C)Cl. The molecule has 1 atom stereocenters. The molecule has 0 heterocycles. The van der Waals surface area contributed by atoms with Crippen molar-refractivity contribution in [3.63, 3.8) is 0 Å². The molecule has 0 rings (SSSR count). The number of carbonyl (C=O) groups excluding carboxylic acids is 1. The van der Waals surface area contributed by atoms with Gasteiger partial charge in [-0.2, -0.15) is 0 Å². The number of carbonyl (C=O) groups is 1. The van der Waals surface area contributed by atoms with E-state index in [4.69, 9.17) is 16.3 Å². The molecule has 0 aromatic heterocycles. The molecule has 0 aromatic carbocycles. The highest BCUT2D eigenvalue weighted by Gasteiger charge is 2.09. The Morgan fingerprint density at radius 3 is 1.79 bits per heavy atom. The molecule has 1 unspecified atom stereocenters. The molecule has 0 amide bonds. The molecule has 24 heavy (non-hydrogen) atoms. The smallest absolute Gasteiger partial charge is 0.323 e. The van der Waals surface area contributed by atoms with Crippen LogP contribution in [0.4, 0.5) is 0 Å². The zero-order valence-corrected chi connectivity index (χ0v) is 16.8. The minimum Gasteiger partial charge on any atom is -0.465 e. The van der Waals surface area contributed by atoms with Gasteiger partial charge in [0.1, 0.15) is 5.38 Å². The summed E-state index contributed by atoms with van der Waals surface area (Å²) in [6.45, 7) is 4.42. The maximum atomic E-state index is 11.1. The number of hydrogen-bond acceptors (Lipinski definition) is 2. The van der Waals surface area contributed by atoms with Crippen molar-refractivity contribution in [3.05, 3.63) is 12.2 Å². The maximum absolute atomic E-state index is 11.1. The second-order valence-corrected chi connectivity index (χ2v) is 7.38. The molecular formula is C21H39ClO2. The van der Waals surface area contributed by atoms with E-state index in [1.165, 1.54) is 77.0 Å². The Hall–Kier alpha value is -0.500. The topological polar surface area (TPSA) is 26.3 Å². The lowest BCUT2D eigenvalue weighted by Gasteiger charge is -2.05. The van der Waals surface area contributed by atoms with Crippen molar-refractivity contribution in [2.45, 2.75) is 109 Å². The monoisotopic (exact) mass is 358 g/mol. The number of hydrogen-bond donors (Lipinski definition) is 0. The van der Waals surface area contributed by atoms with E-state index >= 15 is 0 Å². The Balaban J connectivity index is 3.14. The highest BCUT2D eigenvalue weighted by Crippen LogP contribution is 2.10. The zero-order chi connectivity index (χ0) is 17.9. The van der Waals surface area contributed by atoms with Crippen LogP contribution in [0.25, 0.3) is 0 Å². The predicted molar refractivity (Wildman–Crippen MR) is 106 cm³/mol. The fourth-order valence-electron chi connectivity index (χ4n) is 2.64. The van der Waals surface area contributed by atoms with Crippen LogP contribution in [0.15, 0.2) is 12.2 Å². The summed E-state index contributed by atoms with van der Waals surface area (Å²) in [5.41, 5.74) is 0. The van der Waals surface area contributed by atoms with Gasteiger partial charge in [0.2, 0.25) is 0 Å². The molecule has 0 saturated heterocycles. The quantitative estimate of drug-likeness (QED) is 0.119. The molecule has 0 N–H and O–H groups in total. The zero-order valence-electron chi connectivity index (χ0n) is 16.0. The van der Waals surface area contributed by atoms with Gasteiger partial charge in [0.05, 0.1) is 6.61 Å². The molecule has 0 saturated carbocycles. The fourth-order valence-corrected chi connectivity index (χ4v) is 2.70. The molecule has 2 nitrogen and oxygen atoms in total. The highest BCUT2D eigenvalue weighted by molar-refractivity contribution is 6.29. The third-order valence-electron chi connectivity index (χ3n) is 4.23. The van der Waals surface area contributed by atoms with Crippen LogP contribution in [0.3, 0.4) is 0 Å². The minimum absolute atomic E-state index is 0.301. The number of ether oxygens (including phenoxy) is 1. The molecule has 0 aliphatic rings. The Morgan fingerprint density at radius 1 is 0.833 bits per heavy atom. The first-order valence-corrected chi connectivity index (χ1v) is 10.6. The van der Waals surface area contributed by atoms with Crippen molar-refractivity contribution in [2.24, 2.45) is 0 Å². The number of halogens is 1. The average molecular weight is 359 g/mol. The van der Waals surface area contributed by atoms with Crippen molar-refractivity contribution in [3.8, 4) is 0 Å². The summed E-state index contributed by atoms with van der Waals surface area (Å²) < 4.78 is 5.04. The molecule has 0 aliphatic carbocycles. The van der Waals surface area contributed by atoms with Gasteiger partial charge in [0.25, 0.3) is 0 Å². The van der Waals surface area contributed by atoms with Crippen LogP contribution in [-0.4, -0.2) is 18.0 Å². The van der Waals surface area contributed by atoms with Gasteiger partial charge in [0, 0.05) is 0 Å². The molecule has 0 fully saturated rings. The summed E-state index contributed by atoms with van der Waals surface area (Å²) >= 11 is 5.62. The first-order chi connectivity index (χ1) is 11.7. The third-order valence-corrected chi connectivity index (χ3v) is 4.40. The van der Waals surface area contributed by atoms with Gasteiger partial charge in [-0.25, -0.2) is 0 Å². The van der Waals surface area contributed by atoms with Gasteiger partial charge in [-0.3, -0.25) is 4.79 Å². The third kappa shape index (κ3) is 17.8. The molecule has 0 spiro atoms. The van der Waals surface area contributed by atoms with E-state index < -0.39 is 5.38 Å². The van der Waals surface area contributed by atoms with Crippen LogP contribution in [0.1, 0.15) is 104 Å². The van der Waals surface area contributed by atoms with Crippen molar-refractivity contribution >= 4 is 17.6 Å². The first-order valence-electron chi connectivity index (χ1n) is 10.1. The van der Waals surface area contributed by atoms with Gasteiger partial charge in [-0.15, -0.1) is 11.6 Å². The van der Waals surface area contributed by atoms with Crippen molar-refractivity contribution < 1.29 is 9.53 Å². The van der Waals surface area contributed by atoms with Crippen molar-refractivity contribution in [1.29, 1.82) is 0 Å². The Morgan fingerprint density at radius 2 is 1.29 bits per heavy atom. The van der Waals surface area contributed by atoms with E-state index in [9.17, 15) is 4.79 Å². The van der Waals surface area contributed by atoms with Crippen LogP contribution in [-0.2, 0) is 9.53 Å². The van der Waals surface area contributed by atoms with Gasteiger partial charge in [-0.1, -0.05) is 76.9 Å². The molecular weight excluding hydrogens is 320 g/mol. The van der Waals surface area contributed by atoms with E-state index in [1.807, 2.05) is 0 Å². The van der Waals surface area contributed by atoms with Gasteiger partial charge < -0.3 is 4.74 Å². The summed E-state index contributed by atoms with van der Waals surface area (Å²) in [6.07, 6.45) is 22.7. The lowest BCUT2D eigenvalue weighted by atomic mass is 10.1. The number of allylic oxidation sites excluding steroid dienone is 2. The largest absolute Gasteiger partial charge is 0.465 e. The molecule has 0 radical (unpaired) electrons. The summed E-state index contributed by atoms with van der Waals surface area (Å²) in [4.78, 5) is 11.1.